The van der Waals surface area contributed by atoms with E-state index < -0.39 is 84.2 Å². The molecule has 19 atom stereocenters. The molecule has 13 nitrogen and oxygen atoms in total. The third-order valence-electron chi connectivity index (χ3n) is 17.5. The van der Waals surface area contributed by atoms with Gasteiger partial charge in [-0.25, -0.2) is 4.79 Å². The molecule has 4 bridgehead atoms. The van der Waals surface area contributed by atoms with E-state index in [2.05, 4.69) is 47.6 Å². The standard InChI is InChI=1S/C40H60O13/c1-35(2)21-9-12-38(5)22(8-7-18-19-15-36(3)13-14-40(19,34(48)49)23(36)16-39(18,38)6)37(21,4)11-10-24(35)51-33-30(27(44)26(43)29(52-33)31(46)47)53-32-28(45)25(42)20(41)17-50-32/h7,19-30,32-33,41-45H,8-17H2,1-6H3,(H,46,47)(H,48,49)/t19?,20?,21?,22?,23?,24?,25?,26?,27?,28?,29?,30?,32-,33+,36?,37?,38?,39?,40?/m0/s1. The fourth-order valence-electron chi connectivity index (χ4n) is 14.6. The van der Waals surface area contributed by atoms with Gasteiger partial charge in [-0.1, -0.05) is 53.2 Å². The van der Waals surface area contributed by atoms with Crippen molar-refractivity contribution in [1.29, 1.82) is 0 Å². The second-order valence-electron chi connectivity index (χ2n) is 19.9. The lowest BCUT2D eigenvalue weighted by Crippen LogP contribution is -2.66. The van der Waals surface area contributed by atoms with Crippen LogP contribution in [-0.4, -0.2) is 116 Å². The molecule has 2 saturated heterocycles. The van der Waals surface area contributed by atoms with Crippen LogP contribution in [0.2, 0.25) is 0 Å². The van der Waals surface area contributed by atoms with Crippen molar-refractivity contribution in [2.45, 2.75) is 161 Å². The first-order valence-electron chi connectivity index (χ1n) is 19.8. The number of ether oxygens (including phenoxy) is 4. The Labute approximate surface area is 311 Å². The third kappa shape index (κ3) is 4.93. The molecule has 17 unspecified atom stereocenters. The van der Waals surface area contributed by atoms with E-state index in [4.69, 9.17) is 18.9 Å². The van der Waals surface area contributed by atoms with Crippen LogP contribution in [0.25, 0.3) is 0 Å². The molecule has 8 rings (SSSR count). The summed E-state index contributed by atoms with van der Waals surface area (Å²) in [6, 6.07) is 0. The average Bonchev–Trinajstić information content (AvgIpc) is 3.46. The van der Waals surface area contributed by atoms with Gasteiger partial charge in [0.1, 0.15) is 36.6 Å². The van der Waals surface area contributed by atoms with Crippen molar-refractivity contribution in [2.75, 3.05) is 6.61 Å². The Morgan fingerprint density at radius 2 is 1.49 bits per heavy atom. The minimum atomic E-state index is -1.88. The zero-order chi connectivity index (χ0) is 38.4. The van der Waals surface area contributed by atoms with E-state index in [0.717, 1.165) is 51.4 Å². The molecule has 298 valence electrons. The summed E-state index contributed by atoms with van der Waals surface area (Å²) < 4.78 is 23.8. The molecule has 53 heavy (non-hydrogen) atoms. The number of carbonyl (C=O) groups is 2. The van der Waals surface area contributed by atoms with Gasteiger partial charge in [0, 0.05) is 0 Å². The summed E-state index contributed by atoms with van der Waals surface area (Å²) in [5.74, 6) is -1.27. The zero-order valence-corrected chi connectivity index (χ0v) is 31.8. The number of aliphatic hydroxyl groups excluding tert-OH is 5. The zero-order valence-electron chi connectivity index (χ0n) is 31.8. The van der Waals surface area contributed by atoms with Crippen LogP contribution in [0, 0.1) is 56.2 Å². The molecule has 0 aromatic heterocycles. The molecule has 0 aromatic carbocycles. The second-order valence-corrected chi connectivity index (χ2v) is 19.9. The number of fused-ring (bicyclic) bond motifs is 6. The number of aliphatic hydroxyl groups is 5. The summed E-state index contributed by atoms with van der Waals surface area (Å²) in [5.41, 5.74) is 0.169. The number of hydrogen-bond acceptors (Lipinski definition) is 11. The number of hydrogen-bond donors (Lipinski definition) is 7. The third-order valence-corrected chi connectivity index (χ3v) is 17.5. The van der Waals surface area contributed by atoms with Crippen molar-refractivity contribution in [2.24, 2.45) is 56.2 Å². The fraction of sp³-hybridized carbons (Fsp3) is 0.900. The molecule has 0 radical (unpaired) electrons. The smallest absolute Gasteiger partial charge is 0.335 e. The first-order valence-corrected chi connectivity index (χ1v) is 19.8. The Balaban J connectivity index is 1.06. The molecule has 2 aliphatic heterocycles. The summed E-state index contributed by atoms with van der Waals surface area (Å²) in [4.78, 5) is 25.2. The first kappa shape index (κ1) is 38.2. The maximum atomic E-state index is 13.1. The van der Waals surface area contributed by atoms with Crippen LogP contribution >= 0.6 is 0 Å². The lowest BCUT2D eigenvalue weighted by Gasteiger charge is -2.70. The van der Waals surface area contributed by atoms with Gasteiger partial charge in [0.15, 0.2) is 18.7 Å². The van der Waals surface area contributed by atoms with Gasteiger partial charge >= 0.3 is 11.9 Å². The molecule has 7 N–H and O–H groups in total. The molecule has 7 fully saturated rings. The van der Waals surface area contributed by atoms with Gasteiger partial charge in [-0.05, 0) is 109 Å². The lowest BCUT2D eigenvalue weighted by atomic mass is 9.34. The van der Waals surface area contributed by atoms with E-state index >= 15 is 0 Å². The molecule has 5 saturated carbocycles. The maximum absolute atomic E-state index is 13.1. The Bertz CT molecular complexity index is 1550. The molecule has 6 aliphatic carbocycles. The summed E-state index contributed by atoms with van der Waals surface area (Å²) in [6.45, 7) is 13.7. The van der Waals surface area contributed by atoms with Crippen LogP contribution in [0.1, 0.15) is 99.3 Å². The maximum Gasteiger partial charge on any atom is 0.335 e. The van der Waals surface area contributed by atoms with Crippen molar-refractivity contribution in [3.05, 3.63) is 11.6 Å². The number of carboxylic acids is 2. The molecule has 13 heteroatoms. The van der Waals surface area contributed by atoms with Gasteiger partial charge in [0.05, 0.1) is 18.1 Å². The monoisotopic (exact) mass is 748 g/mol. The number of allylic oxidation sites excluding steroid dienone is 2. The molecule has 0 aromatic rings. The SMILES string of the molecule is CC12CCC3(C(=O)O)C(C1)C1=CCC4C5(C)CCC(O[C@@H]6OC(C(=O)O)C(O)C(O)C6O[C@@H]6OCC(O)C(O)C6O)C(C)(C)C5CCC4(C)C1(C)CC23. The summed E-state index contributed by atoms with van der Waals surface area (Å²) in [6.07, 6.45) is -4.69. The van der Waals surface area contributed by atoms with E-state index in [1.807, 2.05) is 0 Å². The predicted molar refractivity (Wildman–Crippen MR) is 186 cm³/mol. The predicted octanol–water partition coefficient (Wildman–Crippen LogP) is 2.83. The van der Waals surface area contributed by atoms with Gasteiger partial charge in [0.2, 0.25) is 0 Å². The summed E-state index contributed by atoms with van der Waals surface area (Å²) >= 11 is 0. The van der Waals surface area contributed by atoms with Crippen molar-refractivity contribution in [3.63, 3.8) is 0 Å². The van der Waals surface area contributed by atoms with Gasteiger partial charge in [-0.3, -0.25) is 4.79 Å². The van der Waals surface area contributed by atoms with Gasteiger partial charge in [-0.2, -0.15) is 0 Å². The van der Waals surface area contributed by atoms with Crippen molar-refractivity contribution in [3.8, 4) is 0 Å². The molecule has 0 amide bonds. The number of carboxylic acid groups (broad SMARTS) is 2. The summed E-state index contributed by atoms with van der Waals surface area (Å²) in [5, 5.41) is 73.3. The van der Waals surface area contributed by atoms with E-state index in [1.54, 1.807) is 0 Å². The molecule has 0 spiro atoms. The van der Waals surface area contributed by atoms with Crippen molar-refractivity contribution in [1.82, 2.24) is 0 Å². The minimum absolute atomic E-state index is 0.0256. The Morgan fingerprint density at radius 3 is 2.17 bits per heavy atom. The molecular formula is C40H60O13. The Morgan fingerprint density at radius 1 is 0.774 bits per heavy atom. The van der Waals surface area contributed by atoms with Crippen LogP contribution in [0.3, 0.4) is 0 Å². The fourth-order valence-corrected chi connectivity index (χ4v) is 14.6. The topological polar surface area (TPSA) is 213 Å². The van der Waals surface area contributed by atoms with Crippen LogP contribution in [0.4, 0.5) is 0 Å². The lowest BCUT2D eigenvalue weighted by molar-refractivity contribution is -0.366. The van der Waals surface area contributed by atoms with Crippen molar-refractivity contribution < 1.29 is 64.3 Å². The average molecular weight is 749 g/mol. The summed E-state index contributed by atoms with van der Waals surface area (Å²) in [7, 11) is 0. The largest absolute Gasteiger partial charge is 0.481 e. The molecule has 2 heterocycles. The normalized spacial score (nSPS) is 56.8. The first-order chi connectivity index (χ1) is 24.7. The Kier molecular flexibility index (Phi) is 8.77. The highest BCUT2D eigenvalue weighted by Crippen LogP contribution is 2.82. The Hall–Kier alpha value is -1.68. The highest BCUT2D eigenvalue weighted by atomic mass is 16.8. The van der Waals surface area contributed by atoms with Gasteiger partial charge in [0.25, 0.3) is 0 Å². The van der Waals surface area contributed by atoms with Crippen LogP contribution in [-0.2, 0) is 28.5 Å². The quantitative estimate of drug-likeness (QED) is 0.154. The van der Waals surface area contributed by atoms with Crippen LogP contribution in [0.15, 0.2) is 11.6 Å². The minimum Gasteiger partial charge on any atom is -0.481 e. The van der Waals surface area contributed by atoms with Gasteiger partial charge < -0.3 is 54.7 Å². The second kappa shape index (κ2) is 12.2. The van der Waals surface area contributed by atoms with E-state index in [9.17, 15) is 45.3 Å². The van der Waals surface area contributed by atoms with Crippen molar-refractivity contribution >= 4 is 11.9 Å². The highest BCUT2D eigenvalue weighted by Gasteiger charge is 2.77. The van der Waals surface area contributed by atoms with E-state index in [0.29, 0.717) is 12.3 Å². The number of aliphatic carboxylic acids is 2. The van der Waals surface area contributed by atoms with Crippen LogP contribution < -0.4 is 0 Å². The number of rotatable bonds is 6. The van der Waals surface area contributed by atoms with E-state index in [1.165, 1.54) is 5.57 Å². The molecular weight excluding hydrogens is 688 g/mol. The highest BCUT2D eigenvalue weighted by molar-refractivity contribution is 5.79. The molecule has 8 aliphatic rings. The van der Waals surface area contributed by atoms with Gasteiger partial charge in [-0.15, -0.1) is 0 Å². The van der Waals surface area contributed by atoms with Crippen LogP contribution in [0.5, 0.6) is 0 Å². The van der Waals surface area contributed by atoms with E-state index in [-0.39, 0.29) is 46.0 Å².